The van der Waals surface area contributed by atoms with Crippen molar-refractivity contribution in [2.75, 3.05) is 26.4 Å². The van der Waals surface area contributed by atoms with Gasteiger partial charge in [0.05, 0.1) is 23.9 Å². The minimum Gasteiger partial charge on any atom is -0.491 e. The lowest BCUT2D eigenvalue weighted by Crippen LogP contribution is -2.40. The predicted octanol–water partition coefficient (Wildman–Crippen LogP) is 6.85. The molecule has 0 unspecified atom stereocenters. The third kappa shape index (κ3) is 10.1. The number of carbonyl (C=O) groups excluding carboxylic acids is 2. The number of rotatable bonds is 18. The molecule has 2 amide bonds. The van der Waals surface area contributed by atoms with Gasteiger partial charge in [0.2, 0.25) is 5.91 Å². The van der Waals surface area contributed by atoms with Crippen molar-refractivity contribution in [1.29, 1.82) is 0 Å². The molecule has 0 aliphatic heterocycles. The average Bonchev–Trinajstić information content (AvgIpc) is 3.14. The maximum Gasteiger partial charge on any atom is 0.280 e. The number of hydrogen-bond acceptors (Lipinski definition) is 5. The number of amides is 2. The molecule has 0 saturated heterocycles. The number of ether oxygens (including phenoxy) is 2. The van der Waals surface area contributed by atoms with E-state index >= 15 is 0 Å². The summed E-state index contributed by atoms with van der Waals surface area (Å²) in [7, 11) is 1.67. The van der Waals surface area contributed by atoms with Gasteiger partial charge in [-0.2, -0.15) is 5.10 Å². The van der Waals surface area contributed by atoms with Gasteiger partial charge in [-0.05, 0) is 50.8 Å². The molecule has 0 atom stereocenters. The van der Waals surface area contributed by atoms with Crippen molar-refractivity contribution in [2.24, 2.45) is 7.05 Å². The van der Waals surface area contributed by atoms with Crippen LogP contribution in [0, 0.1) is 13.8 Å². The van der Waals surface area contributed by atoms with E-state index in [0.29, 0.717) is 25.3 Å². The Kier molecular flexibility index (Phi) is 14.5. The van der Waals surface area contributed by atoms with Gasteiger partial charge in [-0.25, -0.2) is 0 Å². The second kappa shape index (κ2) is 17.3. The second-order valence-electron chi connectivity index (χ2n) is 9.84. The number of halogens is 1. The lowest BCUT2D eigenvalue weighted by Gasteiger charge is -2.22. The number of imide groups is 1. The molecular weight excluding hydrogens is 502 g/mol. The molecule has 0 N–H and O–H groups in total. The van der Waals surface area contributed by atoms with Gasteiger partial charge in [0.15, 0.2) is 0 Å². The molecule has 0 saturated carbocycles. The SMILES string of the molecule is CCCCCCCCCCC(=O)N(CCOc1ccc(CCOCC)cc1C)C(=O)c1c(Cl)c(C)nn1C. The van der Waals surface area contributed by atoms with E-state index in [9.17, 15) is 9.59 Å². The van der Waals surface area contributed by atoms with E-state index in [1.807, 2.05) is 26.0 Å². The molecule has 0 radical (unpaired) electrons. The van der Waals surface area contributed by atoms with E-state index in [-0.39, 0.29) is 29.8 Å². The smallest absolute Gasteiger partial charge is 0.280 e. The van der Waals surface area contributed by atoms with Crippen LogP contribution in [0.2, 0.25) is 5.02 Å². The molecular formula is C30H46ClN3O4. The maximum atomic E-state index is 13.4. The van der Waals surface area contributed by atoms with Crippen LogP contribution in [0.3, 0.4) is 0 Å². The fourth-order valence-corrected chi connectivity index (χ4v) is 4.73. The van der Waals surface area contributed by atoms with E-state index in [1.165, 1.54) is 47.2 Å². The van der Waals surface area contributed by atoms with E-state index in [2.05, 4.69) is 18.1 Å². The second-order valence-corrected chi connectivity index (χ2v) is 10.2. The van der Waals surface area contributed by atoms with Crippen LogP contribution in [-0.2, 0) is 23.0 Å². The van der Waals surface area contributed by atoms with Crippen LogP contribution < -0.4 is 4.74 Å². The molecule has 1 aromatic carbocycles. The fourth-order valence-electron chi connectivity index (χ4n) is 4.49. The zero-order valence-electron chi connectivity index (χ0n) is 24.0. The van der Waals surface area contributed by atoms with Gasteiger partial charge in [0, 0.05) is 20.1 Å². The van der Waals surface area contributed by atoms with Crippen LogP contribution in [0.15, 0.2) is 18.2 Å². The van der Waals surface area contributed by atoms with Gasteiger partial charge in [-0.15, -0.1) is 0 Å². The van der Waals surface area contributed by atoms with Gasteiger partial charge >= 0.3 is 0 Å². The van der Waals surface area contributed by atoms with Crippen molar-refractivity contribution in [3.05, 3.63) is 45.7 Å². The Morgan fingerprint density at radius 2 is 1.68 bits per heavy atom. The topological polar surface area (TPSA) is 73.7 Å². The van der Waals surface area contributed by atoms with Gasteiger partial charge < -0.3 is 9.47 Å². The highest BCUT2D eigenvalue weighted by molar-refractivity contribution is 6.34. The summed E-state index contributed by atoms with van der Waals surface area (Å²) in [6.45, 7) is 9.67. The van der Waals surface area contributed by atoms with Crippen molar-refractivity contribution >= 4 is 23.4 Å². The molecule has 212 valence electrons. The lowest BCUT2D eigenvalue weighted by atomic mass is 10.1. The molecule has 0 bridgehead atoms. The van der Waals surface area contributed by atoms with E-state index in [1.54, 1.807) is 14.0 Å². The van der Waals surface area contributed by atoms with Crippen LogP contribution in [-0.4, -0.2) is 52.9 Å². The monoisotopic (exact) mass is 547 g/mol. The van der Waals surface area contributed by atoms with Crippen molar-refractivity contribution in [2.45, 2.75) is 91.9 Å². The lowest BCUT2D eigenvalue weighted by molar-refractivity contribution is -0.129. The van der Waals surface area contributed by atoms with Gasteiger partial charge in [-0.3, -0.25) is 19.2 Å². The largest absolute Gasteiger partial charge is 0.491 e. The number of aromatic nitrogens is 2. The highest BCUT2D eigenvalue weighted by atomic mass is 35.5. The van der Waals surface area contributed by atoms with Crippen LogP contribution >= 0.6 is 11.6 Å². The van der Waals surface area contributed by atoms with Crippen molar-refractivity contribution in [1.82, 2.24) is 14.7 Å². The minimum atomic E-state index is -0.436. The Hall–Kier alpha value is -2.38. The molecule has 1 aromatic heterocycles. The molecule has 1 heterocycles. The maximum absolute atomic E-state index is 13.4. The van der Waals surface area contributed by atoms with Crippen LogP contribution in [0.1, 0.15) is 98.9 Å². The molecule has 0 aliphatic carbocycles. The average molecular weight is 548 g/mol. The standard InChI is InChI=1S/C30H46ClN3O4/c1-6-8-9-10-11-12-13-14-15-27(35)34(30(36)29-28(31)24(4)32-33(29)5)19-21-38-26-17-16-25(22-23(26)3)18-20-37-7-2/h16-17,22H,6-15,18-21H2,1-5H3. The Balaban J connectivity index is 1.99. The van der Waals surface area contributed by atoms with Crippen LogP contribution in [0.5, 0.6) is 5.75 Å². The normalized spacial score (nSPS) is 11.1. The van der Waals surface area contributed by atoms with E-state index in [4.69, 9.17) is 21.1 Å². The Morgan fingerprint density at radius 3 is 2.29 bits per heavy atom. The summed E-state index contributed by atoms with van der Waals surface area (Å²) in [6.07, 6.45) is 10.3. The first-order valence-corrected chi connectivity index (χ1v) is 14.5. The number of carbonyl (C=O) groups is 2. The summed E-state index contributed by atoms with van der Waals surface area (Å²) in [5.74, 6) is 0.0965. The number of aryl methyl sites for hydroxylation is 3. The van der Waals surface area contributed by atoms with Gasteiger partial charge in [0.25, 0.3) is 5.91 Å². The van der Waals surface area contributed by atoms with Crippen molar-refractivity contribution in [3.8, 4) is 5.75 Å². The molecule has 0 fully saturated rings. The van der Waals surface area contributed by atoms with Crippen molar-refractivity contribution in [3.63, 3.8) is 0 Å². The predicted molar refractivity (Wildman–Crippen MR) is 153 cm³/mol. The van der Waals surface area contributed by atoms with Gasteiger partial charge in [0.1, 0.15) is 18.1 Å². The molecule has 8 heteroatoms. The summed E-state index contributed by atoms with van der Waals surface area (Å²) in [6, 6.07) is 6.05. The highest BCUT2D eigenvalue weighted by Crippen LogP contribution is 2.23. The summed E-state index contributed by atoms with van der Waals surface area (Å²) in [4.78, 5) is 27.9. The Labute approximate surface area is 233 Å². The summed E-state index contributed by atoms with van der Waals surface area (Å²) in [5.41, 5.74) is 2.97. The molecule has 2 aromatic rings. The third-order valence-corrected chi connectivity index (χ3v) is 7.15. The first-order chi connectivity index (χ1) is 18.3. The molecule has 38 heavy (non-hydrogen) atoms. The quantitative estimate of drug-likeness (QED) is 0.191. The van der Waals surface area contributed by atoms with Crippen molar-refractivity contribution < 1.29 is 19.1 Å². The fraction of sp³-hybridized carbons (Fsp3) is 0.633. The van der Waals surface area contributed by atoms with E-state index < -0.39 is 5.91 Å². The minimum absolute atomic E-state index is 0.140. The number of nitrogens with zero attached hydrogens (tertiary/aromatic N) is 3. The number of unbranched alkanes of at least 4 members (excludes halogenated alkanes) is 7. The molecule has 0 aliphatic rings. The third-order valence-electron chi connectivity index (χ3n) is 6.69. The zero-order valence-corrected chi connectivity index (χ0v) is 24.7. The number of benzene rings is 1. The Morgan fingerprint density at radius 1 is 1.00 bits per heavy atom. The van der Waals surface area contributed by atoms with E-state index in [0.717, 1.165) is 37.0 Å². The molecule has 0 spiro atoms. The zero-order chi connectivity index (χ0) is 27.9. The van der Waals surface area contributed by atoms with Gasteiger partial charge in [-0.1, -0.05) is 75.6 Å². The summed E-state index contributed by atoms with van der Waals surface area (Å²) < 4.78 is 12.9. The number of hydrogen-bond donors (Lipinski definition) is 0. The Bertz CT molecular complexity index is 1020. The highest BCUT2D eigenvalue weighted by Gasteiger charge is 2.28. The summed E-state index contributed by atoms with van der Waals surface area (Å²) >= 11 is 6.38. The summed E-state index contributed by atoms with van der Waals surface area (Å²) in [5, 5.41) is 4.53. The van der Waals surface area contributed by atoms with Crippen LogP contribution in [0.4, 0.5) is 0 Å². The molecule has 2 rings (SSSR count). The first kappa shape index (κ1) is 31.8. The molecule has 7 nitrogen and oxygen atoms in total. The first-order valence-electron chi connectivity index (χ1n) is 14.1. The van der Waals surface area contributed by atoms with Crippen LogP contribution in [0.25, 0.3) is 0 Å².